The second-order valence-electron chi connectivity index (χ2n) is 6.66. The Kier molecular flexibility index (Phi) is 5.11. The number of anilines is 1. The molecule has 1 fully saturated rings. The van der Waals surface area contributed by atoms with E-state index < -0.39 is 0 Å². The highest BCUT2D eigenvalue weighted by molar-refractivity contribution is 9.10. The monoisotopic (exact) mass is 341 g/mol. The first kappa shape index (κ1) is 15.8. The highest BCUT2D eigenvalue weighted by Gasteiger charge is 2.31. The molecule has 1 aliphatic rings. The molecule has 1 aromatic carbocycles. The molecule has 1 nitrogen and oxygen atoms in total. The number of benzene rings is 1. The van der Waals surface area contributed by atoms with Crippen molar-refractivity contribution in [2.45, 2.75) is 58.9 Å². The van der Waals surface area contributed by atoms with Crippen LogP contribution in [0.3, 0.4) is 0 Å². The highest BCUT2D eigenvalue weighted by atomic mass is 79.9. The van der Waals surface area contributed by atoms with Crippen molar-refractivity contribution in [3.8, 4) is 0 Å². The van der Waals surface area contributed by atoms with E-state index >= 15 is 0 Å². The summed E-state index contributed by atoms with van der Waals surface area (Å²) >= 11 is 3.48. The van der Waals surface area contributed by atoms with Crippen molar-refractivity contribution < 1.29 is 4.39 Å². The summed E-state index contributed by atoms with van der Waals surface area (Å²) in [6.07, 6.45) is 6.14. The quantitative estimate of drug-likeness (QED) is 0.708. The molecule has 20 heavy (non-hydrogen) atoms. The Morgan fingerprint density at radius 3 is 2.50 bits per heavy atom. The maximum Gasteiger partial charge on any atom is 0.125 e. The van der Waals surface area contributed by atoms with E-state index in [4.69, 9.17) is 0 Å². The molecule has 0 unspecified atom stereocenters. The number of hydrogen-bond acceptors (Lipinski definition) is 1. The zero-order chi connectivity index (χ0) is 14.8. The SMILES string of the molecule is CCC(C)(C)C1CCC(Nc2cc(F)ccc2Br)CC1. The molecule has 0 bridgehead atoms. The first-order valence-corrected chi connectivity index (χ1v) is 8.43. The van der Waals surface area contributed by atoms with Gasteiger partial charge in [0.2, 0.25) is 0 Å². The molecule has 0 aromatic heterocycles. The van der Waals surface area contributed by atoms with Crippen LogP contribution in [0, 0.1) is 17.2 Å². The summed E-state index contributed by atoms with van der Waals surface area (Å²) in [6.45, 7) is 7.05. The third kappa shape index (κ3) is 3.75. The molecule has 0 radical (unpaired) electrons. The fraction of sp³-hybridized carbons (Fsp3) is 0.647. The average Bonchev–Trinajstić information content (AvgIpc) is 2.43. The molecule has 1 N–H and O–H groups in total. The lowest BCUT2D eigenvalue weighted by molar-refractivity contribution is 0.147. The van der Waals surface area contributed by atoms with Crippen molar-refractivity contribution in [2.24, 2.45) is 11.3 Å². The van der Waals surface area contributed by atoms with Gasteiger partial charge in [-0.2, -0.15) is 0 Å². The second kappa shape index (κ2) is 6.46. The van der Waals surface area contributed by atoms with E-state index in [-0.39, 0.29) is 5.82 Å². The summed E-state index contributed by atoms with van der Waals surface area (Å²) in [6, 6.07) is 5.29. The lowest BCUT2D eigenvalue weighted by Crippen LogP contribution is -2.32. The second-order valence-corrected chi connectivity index (χ2v) is 7.51. The maximum atomic E-state index is 13.3. The fourth-order valence-electron chi connectivity index (χ4n) is 3.14. The molecule has 1 aromatic rings. The van der Waals surface area contributed by atoms with Gasteiger partial charge in [0, 0.05) is 10.5 Å². The van der Waals surface area contributed by atoms with E-state index in [1.54, 1.807) is 12.1 Å². The molecule has 0 aliphatic heterocycles. The molecule has 1 aliphatic carbocycles. The zero-order valence-electron chi connectivity index (χ0n) is 12.7. The van der Waals surface area contributed by atoms with Gasteiger partial charge in [-0.15, -0.1) is 0 Å². The smallest absolute Gasteiger partial charge is 0.125 e. The third-order valence-corrected chi connectivity index (χ3v) is 5.72. The fourth-order valence-corrected chi connectivity index (χ4v) is 3.50. The Hall–Kier alpha value is -0.570. The molecule has 0 atom stereocenters. The van der Waals surface area contributed by atoms with Gasteiger partial charge in [-0.1, -0.05) is 27.2 Å². The molecule has 0 saturated heterocycles. The van der Waals surface area contributed by atoms with E-state index in [2.05, 4.69) is 42.0 Å². The van der Waals surface area contributed by atoms with Crippen molar-refractivity contribution in [3.63, 3.8) is 0 Å². The van der Waals surface area contributed by atoms with Crippen LogP contribution in [0.1, 0.15) is 52.9 Å². The zero-order valence-corrected chi connectivity index (χ0v) is 14.3. The predicted octanol–water partition coefficient (Wildman–Crippen LogP) is 6.00. The van der Waals surface area contributed by atoms with Crippen LogP contribution < -0.4 is 5.32 Å². The summed E-state index contributed by atoms with van der Waals surface area (Å²) in [5.41, 5.74) is 1.33. The van der Waals surface area contributed by atoms with Gasteiger partial charge >= 0.3 is 0 Å². The maximum absolute atomic E-state index is 13.3. The number of nitrogens with one attached hydrogen (secondary N) is 1. The van der Waals surface area contributed by atoms with E-state index in [1.807, 2.05) is 0 Å². The van der Waals surface area contributed by atoms with Crippen LogP contribution in [0.4, 0.5) is 10.1 Å². The van der Waals surface area contributed by atoms with Gasteiger partial charge in [-0.3, -0.25) is 0 Å². The number of rotatable bonds is 4. The predicted molar refractivity (Wildman–Crippen MR) is 87.5 cm³/mol. The van der Waals surface area contributed by atoms with Gasteiger partial charge in [0.05, 0.1) is 5.69 Å². The van der Waals surface area contributed by atoms with Crippen molar-refractivity contribution >= 4 is 21.6 Å². The van der Waals surface area contributed by atoms with Crippen molar-refractivity contribution in [3.05, 3.63) is 28.5 Å². The Morgan fingerprint density at radius 1 is 1.25 bits per heavy atom. The van der Waals surface area contributed by atoms with Crippen LogP contribution in [-0.2, 0) is 0 Å². The molecule has 1 saturated carbocycles. The minimum absolute atomic E-state index is 0.184. The Labute approximate surface area is 130 Å². The summed E-state index contributed by atoms with van der Waals surface area (Å²) in [5.74, 6) is 0.637. The lowest BCUT2D eigenvalue weighted by Gasteiger charge is -2.39. The van der Waals surface area contributed by atoms with E-state index in [0.29, 0.717) is 11.5 Å². The summed E-state index contributed by atoms with van der Waals surface area (Å²) < 4.78 is 14.2. The molecule has 0 amide bonds. The first-order valence-electron chi connectivity index (χ1n) is 7.64. The summed E-state index contributed by atoms with van der Waals surface area (Å²) in [4.78, 5) is 0. The first-order chi connectivity index (χ1) is 9.42. The molecule has 0 spiro atoms. The number of halogens is 2. The van der Waals surface area contributed by atoms with Crippen LogP contribution in [0.2, 0.25) is 0 Å². The number of hydrogen-bond donors (Lipinski definition) is 1. The van der Waals surface area contributed by atoms with Gasteiger partial charge in [-0.25, -0.2) is 4.39 Å². The van der Waals surface area contributed by atoms with Gasteiger partial charge in [0.1, 0.15) is 5.82 Å². The minimum atomic E-state index is -0.184. The van der Waals surface area contributed by atoms with E-state index in [9.17, 15) is 4.39 Å². The third-order valence-electron chi connectivity index (χ3n) is 5.03. The van der Waals surface area contributed by atoms with Crippen LogP contribution in [0.15, 0.2) is 22.7 Å². The van der Waals surface area contributed by atoms with Gasteiger partial charge < -0.3 is 5.32 Å². The van der Waals surface area contributed by atoms with Crippen LogP contribution in [0.25, 0.3) is 0 Å². The largest absolute Gasteiger partial charge is 0.381 e. The molecule has 112 valence electrons. The molecule has 0 heterocycles. The van der Waals surface area contributed by atoms with Crippen molar-refractivity contribution in [1.82, 2.24) is 0 Å². The molecular formula is C17H25BrFN. The highest BCUT2D eigenvalue weighted by Crippen LogP contribution is 2.41. The van der Waals surface area contributed by atoms with Crippen LogP contribution in [-0.4, -0.2) is 6.04 Å². The lowest BCUT2D eigenvalue weighted by atomic mass is 9.69. The van der Waals surface area contributed by atoms with Gasteiger partial charge in [-0.05, 0) is 71.1 Å². The van der Waals surface area contributed by atoms with E-state index in [0.717, 1.165) is 16.1 Å². The molecule has 3 heteroatoms. The van der Waals surface area contributed by atoms with Crippen LogP contribution in [0.5, 0.6) is 0 Å². The van der Waals surface area contributed by atoms with Crippen molar-refractivity contribution in [2.75, 3.05) is 5.32 Å². The summed E-state index contributed by atoms with van der Waals surface area (Å²) in [5, 5.41) is 3.49. The van der Waals surface area contributed by atoms with Crippen molar-refractivity contribution in [1.29, 1.82) is 0 Å². The summed E-state index contributed by atoms with van der Waals surface area (Å²) in [7, 11) is 0. The van der Waals surface area contributed by atoms with Crippen LogP contribution >= 0.6 is 15.9 Å². The Morgan fingerprint density at radius 2 is 1.90 bits per heavy atom. The van der Waals surface area contributed by atoms with Gasteiger partial charge in [0.15, 0.2) is 0 Å². The normalized spacial score (nSPS) is 23.6. The topological polar surface area (TPSA) is 12.0 Å². The standard InChI is InChI=1S/C17H25BrFN/c1-4-17(2,3)12-5-8-14(9-6-12)20-16-11-13(19)7-10-15(16)18/h7,10-12,14,20H,4-6,8-9H2,1-3H3. The average molecular weight is 342 g/mol. The Bertz CT molecular complexity index is 450. The minimum Gasteiger partial charge on any atom is -0.381 e. The Balaban J connectivity index is 1.93. The molecule has 2 rings (SSSR count). The molecular weight excluding hydrogens is 317 g/mol. The van der Waals surface area contributed by atoms with Gasteiger partial charge in [0.25, 0.3) is 0 Å². The van der Waals surface area contributed by atoms with E-state index in [1.165, 1.54) is 38.2 Å².